The molecule has 0 aromatic heterocycles. The third-order valence-electron chi connectivity index (χ3n) is 3.01. The molecular weight excluding hydrogens is 190 g/mol. The van der Waals surface area contributed by atoms with Crippen LogP contribution in [0.4, 0.5) is 0 Å². The summed E-state index contributed by atoms with van der Waals surface area (Å²) in [6.07, 6.45) is 2.18. The van der Waals surface area contributed by atoms with Crippen LogP contribution >= 0.6 is 0 Å². The Morgan fingerprint density at radius 2 is 1.40 bits per heavy atom. The van der Waals surface area contributed by atoms with Gasteiger partial charge >= 0.3 is 0 Å². The molecule has 0 saturated carbocycles. The standard InChI is InChI=1S/C12H15NO2/c1-3-13-4-2-10-8-12-11(7-9(1)10)14-5-6-15-12/h7-8,13H,1-6H2. The number of rotatable bonds is 0. The van der Waals surface area contributed by atoms with Crippen molar-refractivity contribution in [2.75, 3.05) is 26.3 Å². The van der Waals surface area contributed by atoms with Gasteiger partial charge in [0.05, 0.1) is 0 Å². The molecular formula is C12H15NO2. The zero-order valence-electron chi connectivity index (χ0n) is 8.71. The van der Waals surface area contributed by atoms with Crippen LogP contribution in [0, 0.1) is 0 Å². The second-order valence-electron chi connectivity index (χ2n) is 4.01. The van der Waals surface area contributed by atoms with Crippen LogP contribution in [-0.2, 0) is 12.8 Å². The van der Waals surface area contributed by atoms with Gasteiger partial charge in [0.25, 0.3) is 0 Å². The van der Waals surface area contributed by atoms with Crippen LogP contribution in [0.3, 0.4) is 0 Å². The summed E-state index contributed by atoms with van der Waals surface area (Å²) >= 11 is 0. The quantitative estimate of drug-likeness (QED) is 0.689. The fraction of sp³-hybridized carbons (Fsp3) is 0.500. The Balaban J connectivity index is 2.02. The van der Waals surface area contributed by atoms with E-state index in [2.05, 4.69) is 17.4 Å². The summed E-state index contributed by atoms with van der Waals surface area (Å²) in [6.45, 7) is 3.47. The van der Waals surface area contributed by atoms with E-state index in [1.807, 2.05) is 0 Å². The van der Waals surface area contributed by atoms with Crippen molar-refractivity contribution in [3.63, 3.8) is 0 Å². The van der Waals surface area contributed by atoms with Crippen molar-refractivity contribution in [2.45, 2.75) is 12.8 Å². The second kappa shape index (κ2) is 3.74. The Hall–Kier alpha value is -1.22. The molecule has 0 bridgehead atoms. The van der Waals surface area contributed by atoms with Gasteiger partial charge < -0.3 is 14.8 Å². The maximum Gasteiger partial charge on any atom is 0.161 e. The molecule has 2 heterocycles. The Kier molecular flexibility index (Phi) is 2.25. The molecule has 2 aliphatic heterocycles. The summed E-state index contributed by atoms with van der Waals surface area (Å²) in [5, 5.41) is 3.40. The number of hydrogen-bond donors (Lipinski definition) is 1. The van der Waals surface area contributed by atoms with Crippen molar-refractivity contribution in [3.05, 3.63) is 23.3 Å². The fourth-order valence-electron chi connectivity index (χ4n) is 2.21. The fourth-order valence-corrected chi connectivity index (χ4v) is 2.21. The molecule has 0 fully saturated rings. The number of hydrogen-bond acceptors (Lipinski definition) is 3. The minimum atomic E-state index is 0.671. The maximum absolute atomic E-state index is 5.58. The lowest BCUT2D eigenvalue weighted by Gasteiger charge is -2.20. The highest BCUT2D eigenvalue weighted by Gasteiger charge is 2.16. The number of nitrogens with one attached hydrogen (secondary N) is 1. The highest BCUT2D eigenvalue weighted by Crippen LogP contribution is 2.33. The van der Waals surface area contributed by atoms with Gasteiger partial charge in [-0.1, -0.05) is 0 Å². The normalized spacial score (nSPS) is 19.2. The third-order valence-corrected chi connectivity index (χ3v) is 3.01. The van der Waals surface area contributed by atoms with Crippen LogP contribution in [0.1, 0.15) is 11.1 Å². The van der Waals surface area contributed by atoms with E-state index in [1.54, 1.807) is 0 Å². The molecule has 0 atom stereocenters. The van der Waals surface area contributed by atoms with E-state index in [-0.39, 0.29) is 0 Å². The molecule has 80 valence electrons. The van der Waals surface area contributed by atoms with Crippen LogP contribution < -0.4 is 14.8 Å². The van der Waals surface area contributed by atoms with E-state index in [0.29, 0.717) is 13.2 Å². The van der Waals surface area contributed by atoms with Gasteiger partial charge in [-0.2, -0.15) is 0 Å². The smallest absolute Gasteiger partial charge is 0.161 e. The molecule has 0 unspecified atom stereocenters. The van der Waals surface area contributed by atoms with Crippen molar-refractivity contribution >= 4 is 0 Å². The van der Waals surface area contributed by atoms with Crippen molar-refractivity contribution < 1.29 is 9.47 Å². The lowest BCUT2D eigenvalue weighted by atomic mass is 10.0. The first-order valence-corrected chi connectivity index (χ1v) is 5.55. The number of ether oxygens (including phenoxy) is 2. The van der Waals surface area contributed by atoms with E-state index < -0.39 is 0 Å². The number of fused-ring (bicyclic) bond motifs is 2. The Morgan fingerprint density at radius 1 is 0.867 bits per heavy atom. The van der Waals surface area contributed by atoms with Crippen molar-refractivity contribution in [3.8, 4) is 11.5 Å². The van der Waals surface area contributed by atoms with Crippen LogP contribution in [0.2, 0.25) is 0 Å². The zero-order chi connectivity index (χ0) is 10.1. The summed E-state index contributed by atoms with van der Waals surface area (Å²) in [7, 11) is 0. The molecule has 1 aromatic rings. The Bertz CT molecular complexity index is 341. The SMILES string of the molecule is c1c2c(cc3c1OCCO3)CCNCC2. The Labute approximate surface area is 89.4 Å². The molecule has 0 saturated heterocycles. The van der Waals surface area contributed by atoms with Gasteiger partial charge in [-0.05, 0) is 49.2 Å². The molecule has 3 heteroatoms. The molecule has 3 nitrogen and oxygen atoms in total. The maximum atomic E-state index is 5.58. The molecule has 2 aliphatic rings. The average molecular weight is 205 g/mol. The third kappa shape index (κ3) is 1.67. The number of benzene rings is 1. The predicted octanol–water partition coefficient (Wildman–Crippen LogP) is 1.15. The minimum Gasteiger partial charge on any atom is -0.486 e. The molecule has 0 aliphatic carbocycles. The first kappa shape index (κ1) is 9.04. The van der Waals surface area contributed by atoms with Gasteiger partial charge in [0, 0.05) is 0 Å². The van der Waals surface area contributed by atoms with Crippen molar-refractivity contribution in [1.29, 1.82) is 0 Å². The van der Waals surface area contributed by atoms with Crippen LogP contribution in [0.15, 0.2) is 12.1 Å². The lowest BCUT2D eigenvalue weighted by Crippen LogP contribution is -2.16. The first-order chi connectivity index (χ1) is 7.43. The summed E-state index contributed by atoms with van der Waals surface area (Å²) in [5.41, 5.74) is 2.81. The van der Waals surface area contributed by atoms with Crippen LogP contribution in [-0.4, -0.2) is 26.3 Å². The Morgan fingerprint density at radius 3 is 1.93 bits per heavy atom. The average Bonchev–Trinajstić information content (AvgIpc) is 2.50. The van der Waals surface area contributed by atoms with E-state index in [4.69, 9.17) is 9.47 Å². The molecule has 15 heavy (non-hydrogen) atoms. The highest BCUT2D eigenvalue weighted by atomic mass is 16.6. The van der Waals surface area contributed by atoms with E-state index in [1.165, 1.54) is 11.1 Å². The van der Waals surface area contributed by atoms with E-state index >= 15 is 0 Å². The van der Waals surface area contributed by atoms with Gasteiger partial charge in [-0.3, -0.25) is 0 Å². The molecule has 0 spiro atoms. The first-order valence-electron chi connectivity index (χ1n) is 5.55. The zero-order valence-corrected chi connectivity index (χ0v) is 8.71. The minimum absolute atomic E-state index is 0.671. The second-order valence-corrected chi connectivity index (χ2v) is 4.01. The van der Waals surface area contributed by atoms with Crippen LogP contribution in [0.25, 0.3) is 0 Å². The monoisotopic (exact) mass is 205 g/mol. The van der Waals surface area contributed by atoms with Gasteiger partial charge in [-0.15, -0.1) is 0 Å². The topological polar surface area (TPSA) is 30.5 Å². The summed E-state index contributed by atoms with van der Waals surface area (Å²) in [4.78, 5) is 0. The van der Waals surface area contributed by atoms with Crippen molar-refractivity contribution in [1.82, 2.24) is 5.32 Å². The lowest BCUT2D eigenvalue weighted by molar-refractivity contribution is 0.171. The van der Waals surface area contributed by atoms with Crippen LogP contribution in [0.5, 0.6) is 11.5 Å². The molecule has 3 rings (SSSR count). The van der Waals surface area contributed by atoms with Gasteiger partial charge in [-0.25, -0.2) is 0 Å². The van der Waals surface area contributed by atoms with Gasteiger partial charge in [0.1, 0.15) is 13.2 Å². The predicted molar refractivity (Wildman–Crippen MR) is 57.7 cm³/mol. The summed E-state index contributed by atoms with van der Waals surface area (Å²) in [5.74, 6) is 1.84. The largest absolute Gasteiger partial charge is 0.486 e. The summed E-state index contributed by atoms with van der Waals surface area (Å²) < 4.78 is 11.2. The van der Waals surface area contributed by atoms with Gasteiger partial charge in [0.15, 0.2) is 11.5 Å². The van der Waals surface area contributed by atoms with Crippen molar-refractivity contribution in [2.24, 2.45) is 0 Å². The molecule has 0 amide bonds. The summed E-state index contributed by atoms with van der Waals surface area (Å²) in [6, 6.07) is 4.30. The molecule has 0 radical (unpaired) electrons. The van der Waals surface area contributed by atoms with E-state index in [9.17, 15) is 0 Å². The molecule has 1 aromatic carbocycles. The molecule has 1 N–H and O–H groups in total. The van der Waals surface area contributed by atoms with Gasteiger partial charge in [0.2, 0.25) is 0 Å². The van der Waals surface area contributed by atoms with E-state index in [0.717, 1.165) is 37.4 Å². The highest BCUT2D eigenvalue weighted by molar-refractivity contribution is 5.48.